The number of carbonyl (C=O) groups is 1. The van der Waals surface area contributed by atoms with Gasteiger partial charge in [0.2, 0.25) is 0 Å². The number of aliphatic carboxylic acids is 1. The second kappa shape index (κ2) is 9.75. The number of nitrogens with zero attached hydrogens (tertiary/aromatic N) is 4. The minimum Gasteiger partial charge on any atom is -0.497 e. The van der Waals surface area contributed by atoms with E-state index < -0.39 is 12.0 Å². The Morgan fingerprint density at radius 2 is 1.77 bits per heavy atom. The van der Waals surface area contributed by atoms with Crippen molar-refractivity contribution in [1.29, 1.82) is 0 Å². The molecular weight excluding hydrogens is 454 g/mol. The number of nitrogens with two attached hydrogens (primary N) is 1. The van der Waals surface area contributed by atoms with E-state index >= 15 is 0 Å². The normalized spacial score (nSPS) is 11.8. The van der Waals surface area contributed by atoms with Gasteiger partial charge in [0.1, 0.15) is 11.5 Å². The van der Waals surface area contributed by atoms with E-state index in [1.165, 1.54) is 25.1 Å². The third kappa shape index (κ3) is 4.35. The number of fused-ring (bicyclic) bond motifs is 1. The number of nitrogen functional groups attached to an aromatic ring is 1. The third-order valence-electron chi connectivity index (χ3n) is 5.41. The summed E-state index contributed by atoms with van der Waals surface area (Å²) in [5, 5.41) is 10.2. The monoisotopic (exact) mass is 479 g/mol. The van der Waals surface area contributed by atoms with Crippen LogP contribution in [-0.4, -0.2) is 58.5 Å². The standard InChI is InChI=1S/C24H25N5O6/c1-5-35-18-10-13(6-8-17(18)34-4)20(24(30)31)29-12-26-21(25)19-23(29)28-22(27-19)15-11-14(32-2)7-9-16(15)33-3/h6-12,20H,5,25H2,1-4H3,(H,30,31). The van der Waals surface area contributed by atoms with E-state index in [1.54, 1.807) is 43.5 Å². The van der Waals surface area contributed by atoms with E-state index in [0.717, 1.165) is 0 Å². The van der Waals surface area contributed by atoms with Crippen molar-refractivity contribution >= 4 is 11.8 Å². The Kier molecular flexibility index (Phi) is 6.58. The van der Waals surface area contributed by atoms with E-state index in [9.17, 15) is 9.90 Å². The highest BCUT2D eigenvalue weighted by atomic mass is 16.5. The topological polar surface area (TPSA) is 144 Å². The number of carboxylic acid groups (broad SMARTS) is 1. The molecule has 0 saturated carbocycles. The summed E-state index contributed by atoms with van der Waals surface area (Å²) in [6, 6.07) is 8.96. The van der Waals surface area contributed by atoms with Gasteiger partial charge in [-0.1, -0.05) is 6.07 Å². The lowest BCUT2D eigenvalue weighted by atomic mass is 10.1. The summed E-state index contributed by atoms with van der Waals surface area (Å²) >= 11 is 0. The summed E-state index contributed by atoms with van der Waals surface area (Å²) in [5.41, 5.74) is 7.35. The predicted octanol–water partition coefficient (Wildman–Crippen LogP) is 3.13. The van der Waals surface area contributed by atoms with Crippen molar-refractivity contribution in [2.45, 2.75) is 13.0 Å². The molecule has 0 spiro atoms. The molecule has 0 saturated heterocycles. The average Bonchev–Trinajstić information content (AvgIpc) is 3.32. The molecule has 3 N–H and O–H groups in total. The average molecular weight is 479 g/mol. The summed E-state index contributed by atoms with van der Waals surface area (Å²) < 4.78 is 23.2. The van der Waals surface area contributed by atoms with Gasteiger partial charge in [-0.25, -0.2) is 19.7 Å². The molecule has 2 aromatic carbocycles. The predicted molar refractivity (Wildman–Crippen MR) is 127 cm³/mol. The fourth-order valence-electron chi connectivity index (χ4n) is 3.78. The van der Waals surface area contributed by atoms with Crippen LogP contribution < -0.4 is 24.7 Å². The Morgan fingerprint density at radius 3 is 2.43 bits per heavy atom. The summed E-state index contributed by atoms with van der Waals surface area (Å²) in [7, 11) is 4.60. The zero-order valence-corrected chi connectivity index (χ0v) is 19.7. The first kappa shape index (κ1) is 23.6. The lowest BCUT2D eigenvalue weighted by molar-refractivity contribution is -0.139. The van der Waals surface area contributed by atoms with Gasteiger partial charge in [0, 0.05) is 0 Å². The first-order valence-corrected chi connectivity index (χ1v) is 10.7. The van der Waals surface area contributed by atoms with Crippen LogP contribution in [0.4, 0.5) is 5.82 Å². The molecule has 4 rings (SSSR count). The molecule has 0 fully saturated rings. The van der Waals surface area contributed by atoms with Crippen LogP contribution in [0.25, 0.3) is 22.9 Å². The molecular formula is C24H25N5O6. The molecule has 2 aliphatic rings. The first-order valence-electron chi connectivity index (χ1n) is 10.7. The minimum atomic E-state index is -1.19. The zero-order chi connectivity index (χ0) is 25.1. The molecule has 0 bridgehead atoms. The fraction of sp³-hybridized carbons (Fsp3) is 0.250. The lowest BCUT2D eigenvalue weighted by Gasteiger charge is -2.20. The van der Waals surface area contributed by atoms with Crippen molar-refractivity contribution in [1.82, 2.24) is 19.5 Å². The van der Waals surface area contributed by atoms with Crippen LogP contribution in [0.3, 0.4) is 0 Å². The highest BCUT2D eigenvalue weighted by Gasteiger charge is 2.30. The molecule has 2 aliphatic heterocycles. The van der Waals surface area contributed by atoms with Gasteiger partial charge in [0.25, 0.3) is 0 Å². The molecule has 2 heterocycles. The van der Waals surface area contributed by atoms with Crippen molar-refractivity contribution < 1.29 is 28.8 Å². The number of anilines is 1. The molecule has 0 radical (unpaired) electrons. The van der Waals surface area contributed by atoms with Crippen molar-refractivity contribution in [3.05, 3.63) is 48.3 Å². The summed E-state index contributed by atoms with van der Waals surface area (Å²) in [6.07, 6.45) is 1.34. The number of methoxy groups -OCH3 is 3. The Labute approximate surface area is 201 Å². The van der Waals surface area contributed by atoms with Crippen LogP contribution >= 0.6 is 0 Å². The summed E-state index contributed by atoms with van der Waals surface area (Å²) in [5.74, 6) is 1.55. The van der Waals surface area contributed by atoms with Crippen LogP contribution in [0.15, 0.2) is 42.7 Å². The van der Waals surface area contributed by atoms with Gasteiger partial charge in [-0.3, -0.25) is 4.57 Å². The number of benzene rings is 2. The fourth-order valence-corrected chi connectivity index (χ4v) is 3.78. The van der Waals surface area contributed by atoms with Gasteiger partial charge in [-0.2, -0.15) is 0 Å². The Bertz CT molecular complexity index is 1340. The second-order valence-corrected chi connectivity index (χ2v) is 7.41. The van der Waals surface area contributed by atoms with Gasteiger partial charge in [0.05, 0.1) is 39.8 Å². The molecule has 11 heteroatoms. The van der Waals surface area contributed by atoms with Crippen LogP contribution in [0.1, 0.15) is 18.5 Å². The second-order valence-electron chi connectivity index (χ2n) is 7.41. The minimum absolute atomic E-state index is 0.116. The Hall–Kier alpha value is -4.54. The SMILES string of the molecule is CCOc1cc(C(C(=O)O)n2cnc(N)c3nc(-c4cc(OC)ccc4OC)nc2-3)ccc1OC. The maximum Gasteiger partial charge on any atom is 0.331 e. The van der Waals surface area contributed by atoms with E-state index in [4.69, 9.17) is 24.7 Å². The molecule has 1 unspecified atom stereocenters. The first-order chi connectivity index (χ1) is 16.9. The quantitative estimate of drug-likeness (QED) is 0.367. The number of hydrogen-bond acceptors (Lipinski definition) is 9. The highest BCUT2D eigenvalue weighted by molar-refractivity contribution is 5.80. The number of carboxylic acids is 1. The van der Waals surface area contributed by atoms with E-state index in [1.807, 2.05) is 6.92 Å². The molecule has 35 heavy (non-hydrogen) atoms. The maximum absolute atomic E-state index is 12.5. The van der Waals surface area contributed by atoms with E-state index in [0.29, 0.717) is 40.7 Å². The number of imidazole rings is 1. The van der Waals surface area contributed by atoms with Crippen molar-refractivity contribution in [3.8, 4) is 45.9 Å². The van der Waals surface area contributed by atoms with Crippen molar-refractivity contribution in [3.63, 3.8) is 0 Å². The van der Waals surface area contributed by atoms with Crippen LogP contribution in [0.5, 0.6) is 23.0 Å². The molecule has 0 amide bonds. The summed E-state index contributed by atoms with van der Waals surface area (Å²) in [4.78, 5) is 25.8. The molecule has 0 aromatic heterocycles. The van der Waals surface area contributed by atoms with Gasteiger partial charge in [-0.05, 0) is 42.8 Å². The molecule has 2 aromatic rings. The molecule has 0 aliphatic carbocycles. The smallest absolute Gasteiger partial charge is 0.331 e. The van der Waals surface area contributed by atoms with Crippen LogP contribution in [0, 0.1) is 0 Å². The van der Waals surface area contributed by atoms with E-state index in [-0.39, 0.29) is 23.2 Å². The van der Waals surface area contributed by atoms with E-state index in [2.05, 4.69) is 15.0 Å². The third-order valence-corrected chi connectivity index (χ3v) is 5.41. The van der Waals surface area contributed by atoms with Gasteiger partial charge in [0.15, 0.2) is 40.7 Å². The Morgan fingerprint density at radius 1 is 1.03 bits per heavy atom. The van der Waals surface area contributed by atoms with Crippen LogP contribution in [-0.2, 0) is 4.79 Å². The van der Waals surface area contributed by atoms with Gasteiger partial charge < -0.3 is 29.8 Å². The molecule has 11 nitrogen and oxygen atoms in total. The molecule has 1 atom stereocenters. The van der Waals surface area contributed by atoms with Crippen LogP contribution in [0.2, 0.25) is 0 Å². The van der Waals surface area contributed by atoms with Gasteiger partial charge >= 0.3 is 5.97 Å². The van der Waals surface area contributed by atoms with Crippen molar-refractivity contribution in [2.24, 2.45) is 0 Å². The summed E-state index contributed by atoms with van der Waals surface area (Å²) in [6.45, 7) is 2.22. The largest absolute Gasteiger partial charge is 0.497 e. The lowest BCUT2D eigenvalue weighted by Crippen LogP contribution is -2.23. The zero-order valence-electron chi connectivity index (χ0n) is 19.7. The Balaban J connectivity index is 1.90. The molecule has 182 valence electrons. The number of ether oxygens (including phenoxy) is 4. The number of aromatic nitrogens is 4. The maximum atomic E-state index is 12.5. The van der Waals surface area contributed by atoms with Gasteiger partial charge in [-0.15, -0.1) is 0 Å². The van der Waals surface area contributed by atoms with Crippen molar-refractivity contribution in [2.75, 3.05) is 33.7 Å². The number of rotatable bonds is 9. The highest BCUT2D eigenvalue weighted by Crippen LogP contribution is 2.38. The number of hydrogen-bond donors (Lipinski definition) is 2.